The van der Waals surface area contributed by atoms with E-state index in [0.29, 0.717) is 25.2 Å². The number of ether oxygens (including phenoxy) is 3. The van der Waals surface area contributed by atoms with E-state index in [-0.39, 0.29) is 30.4 Å². The molecular formula is C48H77N3O13Si. The van der Waals surface area contributed by atoms with E-state index >= 15 is 0 Å². The average Bonchev–Trinajstić information content (AvgIpc) is 3.79. The summed E-state index contributed by atoms with van der Waals surface area (Å²) in [4.78, 5) is 68.8. The molecule has 0 aromatic heterocycles. The van der Waals surface area contributed by atoms with Crippen LogP contribution >= 0.6 is 0 Å². The highest BCUT2D eigenvalue weighted by molar-refractivity contribution is 6.69. The number of carbonyl (C=O) groups excluding carboxylic acids is 5. The quantitative estimate of drug-likeness (QED) is 0.0430. The Morgan fingerprint density at radius 1 is 0.846 bits per heavy atom. The smallest absolute Gasteiger partial charge is 0.373 e. The normalized spacial score (nSPS) is 14.7. The molecule has 3 rings (SSSR count). The Labute approximate surface area is 388 Å². The number of nitrogens with zero attached hydrogens (tertiary/aromatic N) is 2. The molecule has 0 amide bonds. The fourth-order valence-corrected chi connectivity index (χ4v) is 7.75. The molecule has 0 aliphatic carbocycles. The van der Waals surface area contributed by atoms with Crippen molar-refractivity contribution in [3.8, 4) is 0 Å². The third-order valence-corrected chi connectivity index (χ3v) is 10.2. The summed E-state index contributed by atoms with van der Waals surface area (Å²) in [5, 5.41) is 24.2. The van der Waals surface area contributed by atoms with E-state index in [1.54, 1.807) is 26.8 Å². The summed E-state index contributed by atoms with van der Waals surface area (Å²) >= 11 is 0. The Bertz CT molecular complexity index is 1650. The molecule has 1 aliphatic heterocycles. The van der Waals surface area contributed by atoms with Gasteiger partial charge >= 0.3 is 12.1 Å². The molecule has 2 aromatic carbocycles. The highest BCUT2D eigenvalue weighted by atomic mass is 28.4. The topological polar surface area (TPSA) is 221 Å². The van der Waals surface area contributed by atoms with Gasteiger partial charge in [0.25, 0.3) is 0 Å². The van der Waals surface area contributed by atoms with Crippen molar-refractivity contribution in [3.05, 3.63) is 104 Å². The minimum atomic E-state index is -1.77. The van der Waals surface area contributed by atoms with E-state index in [9.17, 15) is 34.6 Å². The summed E-state index contributed by atoms with van der Waals surface area (Å²) in [6.07, 6.45) is 8.54. The van der Waals surface area contributed by atoms with Gasteiger partial charge < -0.3 is 33.5 Å². The number of hydrogen-bond acceptors (Lipinski definition) is 14. The van der Waals surface area contributed by atoms with E-state index in [1.165, 1.54) is 17.5 Å². The second kappa shape index (κ2) is 32.8. The number of aldehydes is 2. The van der Waals surface area contributed by atoms with Crippen LogP contribution in [0.25, 0.3) is 0 Å². The lowest BCUT2D eigenvalue weighted by molar-refractivity contribution is -0.488. The zero-order valence-electron chi connectivity index (χ0n) is 41.0. The molecule has 2 aromatic rings. The summed E-state index contributed by atoms with van der Waals surface area (Å²) in [5.41, 5.74) is 1.24. The molecular weight excluding hydrogens is 855 g/mol. The number of hydrogen-bond donors (Lipinski definition) is 1. The first-order valence-electron chi connectivity index (χ1n) is 22.2. The molecule has 1 N–H and O–H groups in total. The number of allylic oxidation sites excluding steroid dienone is 1. The molecule has 0 bridgehead atoms. The van der Waals surface area contributed by atoms with E-state index < -0.39 is 53.9 Å². The molecule has 0 unspecified atom stereocenters. The van der Waals surface area contributed by atoms with Crippen LogP contribution in [0.2, 0.25) is 19.6 Å². The van der Waals surface area contributed by atoms with Crippen molar-refractivity contribution in [1.82, 2.24) is 5.32 Å². The summed E-state index contributed by atoms with van der Waals surface area (Å²) in [6.45, 7) is 26.0. The van der Waals surface area contributed by atoms with Gasteiger partial charge in [-0.15, -0.1) is 0 Å². The van der Waals surface area contributed by atoms with Crippen molar-refractivity contribution < 1.29 is 52.5 Å². The highest BCUT2D eigenvalue weighted by Crippen LogP contribution is 2.42. The minimum absolute atomic E-state index is 0.0902. The number of esters is 1. The highest BCUT2D eigenvalue weighted by Gasteiger charge is 2.47. The molecule has 16 nitrogen and oxygen atoms in total. The van der Waals surface area contributed by atoms with E-state index in [1.807, 2.05) is 34.6 Å². The van der Waals surface area contributed by atoms with Gasteiger partial charge in [0.1, 0.15) is 36.5 Å². The third kappa shape index (κ3) is 28.0. The van der Waals surface area contributed by atoms with Crippen LogP contribution in [-0.2, 0) is 48.2 Å². The van der Waals surface area contributed by atoms with Crippen molar-refractivity contribution in [2.45, 2.75) is 163 Å². The monoisotopic (exact) mass is 932 g/mol. The molecule has 0 saturated carbocycles. The van der Waals surface area contributed by atoms with E-state index in [4.69, 9.17) is 28.2 Å². The second-order valence-electron chi connectivity index (χ2n) is 18.2. The second-order valence-corrected chi connectivity index (χ2v) is 22.6. The predicted octanol–water partition coefficient (Wildman–Crippen LogP) is 9.16. The van der Waals surface area contributed by atoms with Crippen LogP contribution in [0.4, 0.5) is 0 Å². The Kier molecular flexibility index (Phi) is 31.5. The molecule has 65 heavy (non-hydrogen) atoms. The zero-order chi connectivity index (χ0) is 50.3. The Morgan fingerprint density at radius 2 is 1.32 bits per heavy atom. The van der Waals surface area contributed by atoms with Crippen LogP contribution in [0.1, 0.15) is 119 Å². The summed E-state index contributed by atoms with van der Waals surface area (Å²) in [7, 11) is -1.77. The minimum Gasteiger partial charge on any atom is -0.459 e. The van der Waals surface area contributed by atoms with Gasteiger partial charge in [-0.25, -0.2) is 0 Å². The van der Waals surface area contributed by atoms with Gasteiger partial charge in [-0.1, -0.05) is 109 Å². The van der Waals surface area contributed by atoms with Crippen LogP contribution in [0.3, 0.4) is 0 Å². The van der Waals surface area contributed by atoms with Crippen LogP contribution in [0.15, 0.2) is 72.9 Å². The lowest BCUT2D eigenvalue weighted by Gasteiger charge is -2.44. The molecule has 1 saturated heterocycles. The van der Waals surface area contributed by atoms with Gasteiger partial charge in [-0.3, -0.25) is 25.0 Å². The van der Waals surface area contributed by atoms with Crippen molar-refractivity contribution in [3.63, 3.8) is 0 Å². The van der Waals surface area contributed by atoms with E-state index in [2.05, 4.69) is 99.5 Å². The summed E-state index contributed by atoms with van der Waals surface area (Å²) in [6, 6.07) is 21.8. The Balaban J connectivity index is 0. The fourth-order valence-electron chi connectivity index (χ4n) is 6.40. The SMILES string of the molecule is CC(C)(C)/C=C/[N+](=O)[O-].CCC(CC)OCC=O.CCC(CC)O[C@H](C=O)[C@@H](C[N+](=O)[O-])C(=O)OC(C)(C)C.C[Si](C)(C)OC(c1ccccc1)(c1ccccc1)[C@H]1CCCN1.O=C=O. The molecule has 1 fully saturated rings. The van der Waals surface area contributed by atoms with Gasteiger partial charge in [0.2, 0.25) is 12.7 Å². The van der Waals surface area contributed by atoms with Gasteiger partial charge in [0.05, 0.1) is 17.1 Å². The molecule has 0 radical (unpaired) electrons. The number of rotatable bonds is 20. The fraction of sp³-hybridized carbons (Fsp3) is 0.625. The number of carbonyl (C=O) groups is 3. The molecule has 1 heterocycles. The molecule has 3 atom stereocenters. The Morgan fingerprint density at radius 3 is 1.63 bits per heavy atom. The number of nitro groups is 2. The van der Waals surface area contributed by atoms with Gasteiger partial charge in [0.15, 0.2) is 14.2 Å². The molecule has 0 spiro atoms. The first-order chi connectivity index (χ1) is 30.3. The largest absolute Gasteiger partial charge is 0.459 e. The summed E-state index contributed by atoms with van der Waals surface area (Å²) < 4.78 is 22.8. The molecule has 366 valence electrons. The first-order valence-corrected chi connectivity index (χ1v) is 25.6. The lowest BCUT2D eigenvalue weighted by atomic mass is 9.79. The standard InChI is InChI=1S/C20H27NOSi.C14H25NO6.C7H14O2.C6H11NO2.CO2/c1-23(2,3)22-20(19-15-10-16-21-19,17-11-6-4-7-12-17)18-13-8-5-9-14-18;1-6-10(7-2)20-12(9-16)11(8-15(18)19)13(17)21-14(3,4)5;1-3-7(4-2)9-6-5-8;1-6(2,3)4-5-7(8)9;2-1-3/h4-9,11-14,19,21H,10,15-16H2,1-3H3;9-12H,6-8H2,1-5H3;5,7H,3-4,6H2,1-2H3;4-5H,1-3H3;/b;;;5-4+;/t19-;11-,12-;;;/m11.../s1. The van der Waals surface area contributed by atoms with Gasteiger partial charge in [-0.2, -0.15) is 9.59 Å². The van der Waals surface area contributed by atoms with Crippen molar-refractivity contribution >= 4 is 33.0 Å². The van der Waals surface area contributed by atoms with Crippen LogP contribution in [0, 0.1) is 31.6 Å². The maximum absolute atomic E-state index is 12.1. The van der Waals surface area contributed by atoms with Crippen molar-refractivity contribution in [1.29, 1.82) is 0 Å². The first kappa shape index (κ1) is 62.3. The zero-order valence-corrected chi connectivity index (χ0v) is 42.0. The van der Waals surface area contributed by atoms with Gasteiger partial charge in [0, 0.05) is 11.0 Å². The van der Waals surface area contributed by atoms with Crippen LogP contribution in [0.5, 0.6) is 0 Å². The maximum atomic E-state index is 12.1. The average molecular weight is 932 g/mol. The van der Waals surface area contributed by atoms with Gasteiger partial charge in [-0.05, 0) is 108 Å². The summed E-state index contributed by atoms with van der Waals surface area (Å²) in [5.74, 6) is -2.03. The van der Waals surface area contributed by atoms with E-state index in [0.717, 1.165) is 38.3 Å². The molecule has 17 heteroatoms. The lowest BCUT2D eigenvalue weighted by Crippen LogP contribution is -2.53. The maximum Gasteiger partial charge on any atom is 0.373 e. The third-order valence-electron chi connectivity index (χ3n) is 9.28. The van der Waals surface area contributed by atoms with Crippen LogP contribution < -0.4 is 5.32 Å². The predicted molar refractivity (Wildman–Crippen MR) is 253 cm³/mol. The van der Waals surface area contributed by atoms with Crippen molar-refractivity contribution in [2.24, 2.45) is 11.3 Å². The molecule has 1 aliphatic rings. The number of nitrogens with one attached hydrogen (secondary N) is 1. The van der Waals surface area contributed by atoms with Crippen LogP contribution in [-0.4, -0.2) is 92.5 Å². The number of benzene rings is 2. The van der Waals surface area contributed by atoms with Crippen molar-refractivity contribution in [2.75, 3.05) is 19.7 Å². The Hall–Kier alpha value is -4.77.